The van der Waals surface area contributed by atoms with Crippen LogP contribution in [0.2, 0.25) is 0 Å². The summed E-state index contributed by atoms with van der Waals surface area (Å²) in [6, 6.07) is 7.50. The summed E-state index contributed by atoms with van der Waals surface area (Å²) in [4.78, 5) is 4.22. The van der Waals surface area contributed by atoms with Gasteiger partial charge in [0.1, 0.15) is 0 Å². The molecule has 0 saturated carbocycles. The maximum absolute atomic E-state index is 12.2. The van der Waals surface area contributed by atoms with Gasteiger partial charge in [-0.05, 0) is 24.0 Å². The summed E-state index contributed by atoms with van der Waals surface area (Å²) >= 11 is 1.26. The van der Waals surface area contributed by atoms with Crippen molar-refractivity contribution in [3.8, 4) is 0 Å². The molecule has 0 aliphatic rings. The van der Waals surface area contributed by atoms with Crippen LogP contribution in [0.25, 0.3) is 10.2 Å². The topological polar surface area (TPSA) is 47.0 Å². The van der Waals surface area contributed by atoms with Crippen molar-refractivity contribution < 1.29 is 8.42 Å². The maximum Gasteiger partial charge on any atom is 0.210 e. The molecule has 0 N–H and O–H groups in total. The predicted octanol–water partition coefficient (Wildman–Crippen LogP) is 3.51. The zero-order valence-electron chi connectivity index (χ0n) is 10.8. The first-order valence-electron chi connectivity index (χ1n) is 5.86. The molecule has 2 rings (SSSR count). The second kappa shape index (κ2) is 4.63. The van der Waals surface area contributed by atoms with Gasteiger partial charge in [0.2, 0.25) is 14.2 Å². The number of fused-ring (bicyclic) bond motifs is 1. The lowest BCUT2D eigenvalue weighted by atomic mass is 9.94. The van der Waals surface area contributed by atoms with Gasteiger partial charge in [0.05, 0.1) is 16.0 Å². The predicted molar refractivity (Wildman–Crippen MR) is 75.7 cm³/mol. The molecule has 0 unspecified atom stereocenters. The highest BCUT2D eigenvalue weighted by molar-refractivity contribution is 7.93. The number of thiazole rings is 1. The largest absolute Gasteiger partial charge is 0.225 e. The standard InChI is InChI=1S/C13H17NO2S2/c1-13(2,3)8-9-18(15,16)12-14-10-6-4-5-7-11(10)17-12/h4-7H,8-9H2,1-3H3. The van der Waals surface area contributed by atoms with Gasteiger partial charge >= 0.3 is 0 Å². The molecule has 0 aliphatic carbocycles. The molecular formula is C13H17NO2S2. The van der Waals surface area contributed by atoms with Crippen LogP contribution in [0.3, 0.4) is 0 Å². The van der Waals surface area contributed by atoms with Crippen LogP contribution in [0.1, 0.15) is 27.2 Å². The summed E-state index contributed by atoms with van der Waals surface area (Å²) in [5.74, 6) is 0.163. The van der Waals surface area contributed by atoms with E-state index in [-0.39, 0.29) is 15.5 Å². The molecule has 18 heavy (non-hydrogen) atoms. The van der Waals surface area contributed by atoms with E-state index < -0.39 is 9.84 Å². The van der Waals surface area contributed by atoms with E-state index in [9.17, 15) is 8.42 Å². The molecule has 0 radical (unpaired) electrons. The molecule has 98 valence electrons. The Hall–Kier alpha value is -0.940. The Balaban J connectivity index is 2.29. The average Bonchev–Trinajstić information content (AvgIpc) is 2.70. The molecule has 1 aromatic heterocycles. The van der Waals surface area contributed by atoms with Crippen molar-refractivity contribution in [2.24, 2.45) is 5.41 Å². The minimum absolute atomic E-state index is 0.0176. The second-order valence-electron chi connectivity index (χ2n) is 5.58. The minimum Gasteiger partial charge on any atom is -0.225 e. The van der Waals surface area contributed by atoms with E-state index in [0.29, 0.717) is 6.42 Å². The highest BCUT2D eigenvalue weighted by Gasteiger charge is 2.22. The van der Waals surface area contributed by atoms with Crippen molar-refractivity contribution in [2.45, 2.75) is 31.5 Å². The van der Waals surface area contributed by atoms with Gasteiger partial charge in [0.25, 0.3) is 0 Å². The Morgan fingerprint density at radius 3 is 2.50 bits per heavy atom. The molecule has 2 aromatic rings. The zero-order chi connectivity index (χ0) is 13.4. The normalized spacial score (nSPS) is 13.1. The lowest BCUT2D eigenvalue weighted by Gasteiger charge is -2.16. The Bertz CT molecular complexity index is 618. The second-order valence-corrected chi connectivity index (χ2v) is 8.89. The van der Waals surface area contributed by atoms with Gasteiger partial charge in [-0.25, -0.2) is 13.4 Å². The van der Waals surface area contributed by atoms with Gasteiger partial charge in [-0.1, -0.05) is 32.9 Å². The van der Waals surface area contributed by atoms with Crippen LogP contribution in [0.15, 0.2) is 28.6 Å². The number of aromatic nitrogens is 1. The number of sulfone groups is 1. The third kappa shape index (κ3) is 3.09. The van der Waals surface area contributed by atoms with E-state index >= 15 is 0 Å². The van der Waals surface area contributed by atoms with Crippen LogP contribution in [-0.2, 0) is 9.84 Å². The number of hydrogen-bond acceptors (Lipinski definition) is 4. The summed E-state index contributed by atoms with van der Waals surface area (Å²) in [6.45, 7) is 6.13. The van der Waals surface area contributed by atoms with Crippen LogP contribution in [0.5, 0.6) is 0 Å². The van der Waals surface area contributed by atoms with E-state index in [1.54, 1.807) is 0 Å². The highest BCUT2D eigenvalue weighted by Crippen LogP contribution is 2.28. The van der Waals surface area contributed by atoms with Crippen LogP contribution in [0.4, 0.5) is 0 Å². The number of para-hydroxylation sites is 1. The van der Waals surface area contributed by atoms with Crippen molar-refractivity contribution in [3.05, 3.63) is 24.3 Å². The smallest absolute Gasteiger partial charge is 0.210 e. The van der Waals surface area contributed by atoms with Crippen LogP contribution >= 0.6 is 11.3 Å². The van der Waals surface area contributed by atoms with Gasteiger partial charge in [-0.15, -0.1) is 11.3 Å². The van der Waals surface area contributed by atoms with Crippen molar-refractivity contribution in [3.63, 3.8) is 0 Å². The van der Waals surface area contributed by atoms with E-state index in [1.165, 1.54) is 11.3 Å². The molecule has 0 spiro atoms. The fourth-order valence-electron chi connectivity index (χ4n) is 1.51. The SMILES string of the molecule is CC(C)(C)CCS(=O)(=O)c1nc2ccccc2s1. The van der Waals surface area contributed by atoms with Gasteiger partial charge in [-0.2, -0.15) is 0 Å². The first-order valence-corrected chi connectivity index (χ1v) is 8.33. The lowest BCUT2D eigenvalue weighted by molar-refractivity contribution is 0.397. The molecular weight excluding hydrogens is 266 g/mol. The van der Waals surface area contributed by atoms with Gasteiger partial charge in [-0.3, -0.25) is 0 Å². The van der Waals surface area contributed by atoms with Crippen LogP contribution < -0.4 is 0 Å². The Kier molecular flexibility index (Phi) is 3.47. The molecule has 0 aliphatic heterocycles. The number of rotatable bonds is 3. The van der Waals surface area contributed by atoms with Gasteiger partial charge < -0.3 is 0 Å². The summed E-state index contributed by atoms with van der Waals surface area (Å²) in [7, 11) is -3.25. The van der Waals surface area contributed by atoms with Crippen molar-refractivity contribution in [1.29, 1.82) is 0 Å². The molecule has 0 bridgehead atoms. The quantitative estimate of drug-likeness (QED) is 0.866. The third-order valence-electron chi connectivity index (χ3n) is 2.66. The Labute approximate surface area is 112 Å². The minimum atomic E-state index is -3.25. The van der Waals surface area contributed by atoms with Crippen LogP contribution in [0, 0.1) is 5.41 Å². The molecule has 0 fully saturated rings. The molecule has 1 aromatic carbocycles. The van der Waals surface area contributed by atoms with Crippen molar-refractivity contribution in [1.82, 2.24) is 4.98 Å². The number of benzene rings is 1. The number of nitrogens with zero attached hydrogens (tertiary/aromatic N) is 1. The monoisotopic (exact) mass is 283 g/mol. The van der Waals surface area contributed by atoms with Crippen LogP contribution in [-0.4, -0.2) is 19.2 Å². The van der Waals surface area contributed by atoms with Crippen molar-refractivity contribution in [2.75, 3.05) is 5.75 Å². The summed E-state index contributed by atoms with van der Waals surface area (Å²) in [6.07, 6.45) is 0.644. The first-order chi connectivity index (χ1) is 8.28. The third-order valence-corrected chi connectivity index (χ3v) is 5.87. The maximum atomic E-state index is 12.2. The number of hydrogen-bond donors (Lipinski definition) is 0. The lowest BCUT2D eigenvalue weighted by Crippen LogP contribution is -2.14. The molecule has 0 atom stereocenters. The fourth-order valence-corrected chi connectivity index (χ4v) is 4.53. The molecule has 3 nitrogen and oxygen atoms in total. The first kappa shape index (κ1) is 13.5. The van der Waals surface area contributed by atoms with Gasteiger partial charge in [0.15, 0.2) is 0 Å². The molecule has 0 saturated heterocycles. The summed E-state index contributed by atoms with van der Waals surface area (Å²) in [5, 5.41) is 0. The van der Waals surface area contributed by atoms with E-state index in [2.05, 4.69) is 4.98 Å². The summed E-state index contributed by atoms with van der Waals surface area (Å²) in [5.41, 5.74) is 0.779. The highest BCUT2D eigenvalue weighted by atomic mass is 32.2. The Morgan fingerprint density at radius 2 is 1.89 bits per heavy atom. The summed E-state index contributed by atoms with van der Waals surface area (Å²) < 4.78 is 25.6. The molecule has 5 heteroatoms. The van der Waals surface area contributed by atoms with E-state index in [4.69, 9.17) is 0 Å². The Morgan fingerprint density at radius 1 is 1.22 bits per heavy atom. The molecule has 1 heterocycles. The van der Waals surface area contributed by atoms with Gasteiger partial charge in [0, 0.05) is 0 Å². The average molecular weight is 283 g/mol. The fraction of sp³-hybridized carbons (Fsp3) is 0.462. The van der Waals surface area contributed by atoms with Crippen molar-refractivity contribution >= 4 is 31.4 Å². The molecule has 0 amide bonds. The van der Waals surface area contributed by atoms with E-state index in [0.717, 1.165) is 10.2 Å². The van der Waals surface area contributed by atoms with E-state index in [1.807, 2.05) is 45.0 Å². The zero-order valence-corrected chi connectivity index (χ0v) is 12.4.